The van der Waals surface area contributed by atoms with Gasteiger partial charge in [-0.25, -0.2) is 0 Å². The summed E-state index contributed by atoms with van der Waals surface area (Å²) in [6, 6.07) is 10.3. The molecule has 13 heavy (non-hydrogen) atoms. The van der Waals surface area contributed by atoms with Gasteiger partial charge in [0.1, 0.15) is 0 Å². The summed E-state index contributed by atoms with van der Waals surface area (Å²) in [6.45, 7) is 3.58. The number of rotatable bonds is 2. The lowest BCUT2D eigenvalue weighted by molar-refractivity contribution is 0.362. The third-order valence-electron chi connectivity index (χ3n) is 2.38. The van der Waals surface area contributed by atoms with Crippen molar-refractivity contribution in [2.75, 3.05) is 13.2 Å². The van der Waals surface area contributed by atoms with Crippen LogP contribution in [0, 0.1) is 0 Å². The maximum Gasteiger partial charge on any atom is 0.464 e. The van der Waals surface area contributed by atoms with E-state index >= 15 is 0 Å². The van der Waals surface area contributed by atoms with Gasteiger partial charge in [0.15, 0.2) is 0 Å². The van der Waals surface area contributed by atoms with Crippen molar-refractivity contribution in [3.05, 3.63) is 35.9 Å². The van der Waals surface area contributed by atoms with Gasteiger partial charge in [-0.05, 0) is 5.56 Å². The quantitative estimate of drug-likeness (QED) is 0.640. The second-order valence-electron chi connectivity index (χ2n) is 3.31. The van der Waals surface area contributed by atoms with Crippen LogP contribution in [0.3, 0.4) is 0 Å². The second-order valence-corrected chi connectivity index (χ2v) is 3.31. The first kappa shape index (κ1) is 8.79. The molecule has 0 spiro atoms. The van der Waals surface area contributed by atoms with E-state index in [2.05, 4.69) is 19.1 Å². The highest BCUT2D eigenvalue weighted by Gasteiger charge is 2.31. The molecule has 0 radical (unpaired) electrons. The largest absolute Gasteiger partial charge is 0.464 e. The Kier molecular flexibility index (Phi) is 2.66. The van der Waals surface area contributed by atoms with Crippen molar-refractivity contribution in [2.24, 2.45) is 0 Å². The van der Waals surface area contributed by atoms with Crippen molar-refractivity contribution in [1.82, 2.24) is 0 Å². The van der Waals surface area contributed by atoms with E-state index in [1.807, 2.05) is 18.2 Å². The number of benzene rings is 1. The minimum Gasteiger partial charge on any atom is -0.408 e. The van der Waals surface area contributed by atoms with Crippen molar-refractivity contribution in [1.29, 1.82) is 0 Å². The summed E-state index contributed by atoms with van der Waals surface area (Å²) in [6.07, 6.45) is 0. The van der Waals surface area contributed by atoms with Crippen LogP contribution in [0.15, 0.2) is 30.3 Å². The fourth-order valence-electron chi connectivity index (χ4n) is 1.58. The molecule has 1 fully saturated rings. The molecule has 68 valence electrons. The van der Waals surface area contributed by atoms with Crippen LogP contribution >= 0.6 is 0 Å². The van der Waals surface area contributed by atoms with Gasteiger partial charge in [0.05, 0.1) is 13.2 Å². The van der Waals surface area contributed by atoms with Crippen molar-refractivity contribution >= 4 is 7.12 Å². The van der Waals surface area contributed by atoms with E-state index in [0.29, 0.717) is 5.82 Å². The molecule has 0 saturated carbocycles. The van der Waals surface area contributed by atoms with Crippen LogP contribution in [0.5, 0.6) is 0 Å². The lowest BCUT2D eigenvalue weighted by atomic mass is 9.69. The van der Waals surface area contributed by atoms with E-state index in [4.69, 9.17) is 9.31 Å². The number of hydrogen-bond donors (Lipinski definition) is 0. The highest BCUT2D eigenvalue weighted by Crippen LogP contribution is 2.21. The molecule has 2 rings (SSSR count). The van der Waals surface area contributed by atoms with E-state index < -0.39 is 0 Å². The fraction of sp³-hybridized carbons (Fsp3) is 0.400. The highest BCUT2D eigenvalue weighted by molar-refractivity contribution is 6.46. The summed E-state index contributed by atoms with van der Waals surface area (Å²) >= 11 is 0. The summed E-state index contributed by atoms with van der Waals surface area (Å²) in [4.78, 5) is 0. The average Bonchev–Trinajstić information content (AvgIpc) is 2.71. The standard InChI is InChI=1S/C10H13BO2/c1-9(11-12-7-8-13-11)10-5-3-2-4-6-10/h2-6,9H,7-8H2,1H3. The molecule has 1 unspecified atom stereocenters. The molecule has 1 aromatic rings. The Balaban J connectivity index is 2.08. The van der Waals surface area contributed by atoms with E-state index in [1.165, 1.54) is 5.56 Å². The van der Waals surface area contributed by atoms with Gasteiger partial charge in [-0.1, -0.05) is 37.3 Å². The summed E-state index contributed by atoms with van der Waals surface area (Å²) in [7, 11) is -0.0533. The van der Waals surface area contributed by atoms with Crippen LogP contribution in [0.4, 0.5) is 0 Å². The Bertz CT molecular complexity index is 257. The maximum absolute atomic E-state index is 5.45. The van der Waals surface area contributed by atoms with Crippen molar-refractivity contribution in [3.8, 4) is 0 Å². The Morgan fingerprint density at radius 1 is 1.15 bits per heavy atom. The van der Waals surface area contributed by atoms with Gasteiger partial charge < -0.3 is 9.31 Å². The first-order valence-electron chi connectivity index (χ1n) is 4.66. The Morgan fingerprint density at radius 2 is 1.77 bits per heavy atom. The van der Waals surface area contributed by atoms with E-state index in [-0.39, 0.29) is 7.12 Å². The zero-order valence-corrected chi connectivity index (χ0v) is 7.77. The van der Waals surface area contributed by atoms with Crippen LogP contribution in [-0.4, -0.2) is 20.3 Å². The molecular formula is C10H13BO2. The highest BCUT2D eigenvalue weighted by atomic mass is 16.6. The molecule has 3 heteroatoms. The molecule has 0 amide bonds. The van der Waals surface area contributed by atoms with Crippen LogP contribution in [0.25, 0.3) is 0 Å². The third-order valence-corrected chi connectivity index (χ3v) is 2.38. The molecule has 1 aromatic carbocycles. The van der Waals surface area contributed by atoms with Gasteiger partial charge in [-0.3, -0.25) is 0 Å². The maximum atomic E-state index is 5.45. The molecule has 1 aliphatic heterocycles. The molecule has 0 aliphatic carbocycles. The normalized spacial score (nSPS) is 19.0. The lowest BCUT2D eigenvalue weighted by Gasteiger charge is -2.13. The molecule has 0 bridgehead atoms. The zero-order valence-electron chi connectivity index (χ0n) is 7.77. The van der Waals surface area contributed by atoms with Crippen LogP contribution in [-0.2, 0) is 9.31 Å². The molecule has 1 saturated heterocycles. The molecule has 1 atom stereocenters. The second kappa shape index (κ2) is 3.94. The van der Waals surface area contributed by atoms with Crippen LogP contribution < -0.4 is 0 Å². The van der Waals surface area contributed by atoms with E-state index in [0.717, 1.165) is 13.2 Å². The van der Waals surface area contributed by atoms with Gasteiger partial charge in [0.25, 0.3) is 0 Å². The third kappa shape index (κ3) is 1.93. The lowest BCUT2D eigenvalue weighted by Crippen LogP contribution is -2.22. The summed E-state index contributed by atoms with van der Waals surface area (Å²) in [5, 5.41) is 0. The van der Waals surface area contributed by atoms with Gasteiger partial charge in [-0.2, -0.15) is 0 Å². The molecule has 2 nitrogen and oxygen atoms in total. The monoisotopic (exact) mass is 176 g/mol. The van der Waals surface area contributed by atoms with Gasteiger partial charge in [0, 0.05) is 5.82 Å². The summed E-state index contributed by atoms with van der Waals surface area (Å²) in [5.74, 6) is 0.323. The first-order chi connectivity index (χ1) is 6.38. The van der Waals surface area contributed by atoms with Gasteiger partial charge in [-0.15, -0.1) is 0 Å². The van der Waals surface area contributed by atoms with Crippen molar-refractivity contribution in [3.63, 3.8) is 0 Å². The molecule has 0 aromatic heterocycles. The average molecular weight is 176 g/mol. The molecule has 1 aliphatic rings. The Morgan fingerprint density at radius 3 is 2.38 bits per heavy atom. The van der Waals surface area contributed by atoms with Crippen molar-refractivity contribution < 1.29 is 9.31 Å². The minimum atomic E-state index is -0.0533. The van der Waals surface area contributed by atoms with Crippen LogP contribution in [0.2, 0.25) is 0 Å². The first-order valence-corrected chi connectivity index (χ1v) is 4.66. The predicted octanol–water partition coefficient (Wildman–Crippen LogP) is 1.86. The topological polar surface area (TPSA) is 18.5 Å². The molecular weight excluding hydrogens is 163 g/mol. The minimum absolute atomic E-state index is 0.0533. The summed E-state index contributed by atoms with van der Waals surface area (Å²) < 4.78 is 10.9. The van der Waals surface area contributed by atoms with Gasteiger partial charge >= 0.3 is 7.12 Å². The Labute approximate surface area is 79.0 Å². The zero-order chi connectivity index (χ0) is 9.10. The van der Waals surface area contributed by atoms with E-state index in [9.17, 15) is 0 Å². The summed E-state index contributed by atoms with van der Waals surface area (Å²) in [5.41, 5.74) is 1.27. The van der Waals surface area contributed by atoms with Crippen molar-refractivity contribution in [2.45, 2.75) is 12.7 Å². The smallest absolute Gasteiger partial charge is 0.408 e. The van der Waals surface area contributed by atoms with E-state index in [1.54, 1.807) is 0 Å². The Hall–Kier alpha value is -0.795. The van der Waals surface area contributed by atoms with Gasteiger partial charge in [0.2, 0.25) is 0 Å². The number of hydrogen-bond acceptors (Lipinski definition) is 2. The molecule has 1 heterocycles. The SMILES string of the molecule is CC(B1OCCO1)c1ccccc1. The fourth-order valence-corrected chi connectivity index (χ4v) is 1.58. The predicted molar refractivity (Wildman–Crippen MR) is 52.5 cm³/mol. The van der Waals surface area contributed by atoms with Crippen LogP contribution in [0.1, 0.15) is 18.3 Å². The molecule has 0 N–H and O–H groups in total.